The van der Waals surface area contributed by atoms with E-state index in [-0.39, 0.29) is 5.54 Å². The van der Waals surface area contributed by atoms with E-state index in [1.807, 2.05) is 42.5 Å². The van der Waals surface area contributed by atoms with Crippen LogP contribution in [0.2, 0.25) is 5.02 Å². The van der Waals surface area contributed by atoms with Gasteiger partial charge in [-0.1, -0.05) is 54.8 Å². The predicted octanol–water partition coefficient (Wildman–Crippen LogP) is 5.57. The van der Waals surface area contributed by atoms with Crippen LogP contribution >= 0.6 is 23.8 Å². The maximum Gasteiger partial charge on any atom is 0.171 e. The zero-order valence-corrected chi connectivity index (χ0v) is 15.3. The summed E-state index contributed by atoms with van der Waals surface area (Å²) in [6.45, 7) is 0. The van der Waals surface area contributed by atoms with Gasteiger partial charge >= 0.3 is 0 Å². The van der Waals surface area contributed by atoms with E-state index in [0.29, 0.717) is 0 Å². The molecule has 3 rings (SSSR count). The molecule has 1 saturated carbocycles. The highest BCUT2D eigenvalue weighted by Gasteiger charge is 2.33. The standard InChI is InChI=1S/C20H23ClN2S/c21-17-10-8-16(9-11-17)12-15-20(13-4-5-14-20)23-19(24)22-18-6-2-1-3-7-18/h1-3,6-11H,4-5,12-15H2,(H2,22,23,24). The lowest BCUT2D eigenvalue weighted by Crippen LogP contribution is -2.48. The fraction of sp³-hybridized carbons (Fsp3) is 0.350. The summed E-state index contributed by atoms with van der Waals surface area (Å²) in [5.41, 5.74) is 2.47. The fourth-order valence-corrected chi connectivity index (χ4v) is 3.91. The highest BCUT2D eigenvalue weighted by Crippen LogP contribution is 2.34. The Morgan fingerprint density at radius 3 is 2.33 bits per heavy atom. The van der Waals surface area contributed by atoms with E-state index in [2.05, 4.69) is 22.8 Å². The molecule has 2 aromatic carbocycles. The molecule has 2 aromatic rings. The number of aryl methyl sites for hydroxylation is 1. The average molecular weight is 359 g/mol. The van der Waals surface area contributed by atoms with Crippen molar-refractivity contribution in [3.05, 3.63) is 65.2 Å². The smallest absolute Gasteiger partial charge is 0.171 e. The van der Waals surface area contributed by atoms with Gasteiger partial charge in [-0.3, -0.25) is 0 Å². The van der Waals surface area contributed by atoms with Gasteiger partial charge in [-0.15, -0.1) is 0 Å². The summed E-state index contributed by atoms with van der Waals surface area (Å²) in [6, 6.07) is 18.3. The first-order chi connectivity index (χ1) is 11.7. The number of hydrogen-bond acceptors (Lipinski definition) is 1. The van der Waals surface area contributed by atoms with Gasteiger partial charge in [-0.2, -0.15) is 0 Å². The summed E-state index contributed by atoms with van der Waals surface area (Å²) in [5.74, 6) is 0. The van der Waals surface area contributed by atoms with Crippen molar-refractivity contribution in [1.82, 2.24) is 5.32 Å². The Balaban J connectivity index is 1.60. The van der Waals surface area contributed by atoms with Crippen LogP contribution in [-0.2, 0) is 6.42 Å². The van der Waals surface area contributed by atoms with Gasteiger partial charge in [0.2, 0.25) is 0 Å². The predicted molar refractivity (Wildman–Crippen MR) is 107 cm³/mol. The molecule has 0 aliphatic heterocycles. The Bertz CT molecular complexity index is 664. The van der Waals surface area contributed by atoms with Crippen molar-refractivity contribution in [3.8, 4) is 0 Å². The number of hydrogen-bond donors (Lipinski definition) is 2. The molecule has 0 saturated heterocycles. The van der Waals surface area contributed by atoms with Gasteiger partial charge in [0.1, 0.15) is 0 Å². The molecule has 126 valence electrons. The average Bonchev–Trinajstić information content (AvgIpc) is 3.04. The van der Waals surface area contributed by atoms with Gasteiger partial charge in [0.15, 0.2) is 5.11 Å². The van der Waals surface area contributed by atoms with Crippen molar-refractivity contribution in [1.29, 1.82) is 0 Å². The molecule has 2 nitrogen and oxygen atoms in total. The van der Waals surface area contributed by atoms with Crippen LogP contribution in [0.5, 0.6) is 0 Å². The summed E-state index contributed by atoms with van der Waals surface area (Å²) in [4.78, 5) is 0. The van der Waals surface area contributed by atoms with Gasteiger partial charge < -0.3 is 10.6 Å². The Morgan fingerprint density at radius 1 is 1.00 bits per heavy atom. The maximum atomic E-state index is 5.97. The second-order valence-electron chi connectivity index (χ2n) is 6.56. The van der Waals surface area contributed by atoms with Crippen molar-refractivity contribution >= 4 is 34.6 Å². The van der Waals surface area contributed by atoms with Crippen LogP contribution in [0.4, 0.5) is 5.69 Å². The minimum absolute atomic E-state index is 0.110. The number of halogens is 1. The minimum atomic E-state index is 0.110. The molecule has 0 radical (unpaired) electrons. The Morgan fingerprint density at radius 2 is 1.67 bits per heavy atom. The third-order valence-corrected chi connectivity index (χ3v) is 5.23. The van der Waals surface area contributed by atoms with E-state index in [4.69, 9.17) is 23.8 Å². The number of anilines is 1. The van der Waals surface area contributed by atoms with Crippen LogP contribution in [0.25, 0.3) is 0 Å². The van der Waals surface area contributed by atoms with E-state index in [1.54, 1.807) is 0 Å². The van der Waals surface area contributed by atoms with E-state index < -0.39 is 0 Å². The molecule has 1 aliphatic carbocycles. The Hall–Kier alpha value is -1.58. The highest BCUT2D eigenvalue weighted by molar-refractivity contribution is 7.80. The van der Waals surface area contributed by atoms with Crippen molar-refractivity contribution in [2.24, 2.45) is 0 Å². The zero-order chi connectivity index (χ0) is 16.8. The molecular formula is C20H23ClN2S. The summed E-state index contributed by atoms with van der Waals surface area (Å²) >= 11 is 11.5. The van der Waals surface area contributed by atoms with Crippen LogP contribution in [0, 0.1) is 0 Å². The summed E-state index contributed by atoms with van der Waals surface area (Å²) in [6.07, 6.45) is 7.01. The summed E-state index contributed by atoms with van der Waals surface area (Å²) < 4.78 is 0. The highest BCUT2D eigenvalue weighted by atomic mass is 35.5. The maximum absolute atomic E-state index is 5.97. The number of rotatable bonds is 5. The molecule has 0 amide bonds. The lowest BCUT2D eigenvalue weighted by molar-refractivity contribution is 0.362. The summed E-state index contributed by atoms with van der Waals surface area (Å²) in [5, 5.41) is 8.43. The largest absolute Gasteiger partial charge is 0.357 e. The third kappa shape index (κ3) is 4.71. The number of para-hydroxylation sites is 1. The molecule has 0 unspecified atom stereocenters. The minimum Gasteiger partial charge on any atom is -0.357 e. The summed E-state index contributed by atoms with van der Waals surface area (Å²) in [7, 11) is 0. The number of benzene rings is 2. The molecule has 0 heterocycles. The Labute approximate surface area is 154 Å². The quantitative estimate of drug-likeness (QED) is 0.683. The molecule has 1 aliphatic rings. The van der Waals surface area contributed by atoms with Gasteiger partial charge in [-0.25, -0.2) is 0 Å². The lowest BCUT2D eigenvalue weighted by atomic mass is 9.89. The fourth-order valence-electron chi connectivity index (χ4n) is 3.45. The first-order valence-electron chi connectivity index (χ1n) is 8.54. The van der Waals surface area contributed by atoms with E-state index in [9.17, 15) is 0 Å². The topological polar surface area (TPSA) is 24.1 Å². The second kappa shape index (κ2) is 8.00. The van der Waals surface area contributed by atoms with Crippen molar-refractivity contribution in [3.63, 3.8) is 0 Å². The van der Waals surface area contributed by atoms with Crippen molar-refractivity contribution in [2.45, 2.75) is 44.1 Å². The Kier molecular flexibility index (Phi) is 5.75. The van der Waals surface area contributed by atoms with Gasteiger partial charge in [0.05, 0.1) is 0 Å². The van der Waals surface area contributed by atoms with Crippen LogP contribution in [-0.4, -0.2) is 10.7 Å². The van der Waals surface area contributed by atoms with E-state index in [1.165, 1.54) is 31.2 Å². The zero-order valence-electron chi connectivity index (χ0n) is 13.7. The number of nitrogens with one attached hydrogen (secondary N) is 2. The lowest BCUT2D eigenvalue weighted by Gasteiger charge is -2.32. The molecule has 0 spiro atoms. The molecule has 4 heteroatoms. The normalized spacial score (nSPS) is 15.9. The molecule has 0 bridgehead atoms. The third-order valence-electron chi connectivity index (χ3n) is 4.78. The molecule has 1 fully saturated rings. The molecule has 2 N–H and O–H groups in total. The SMILES string of the molecule is S=C(Nc1ccccc1)NC1(CCc2ccc(Cl)cc2)CCCC1. The van der Waals surface area contributed by atoms with Crippen LogP contribution in [0.1, 0.15) is 37.7 Å². The molecule has 0 aromatic heterocycles. The van der Waals surface area contributed by atoms with Gasteiger partial charge in [-0.05, 0) is 67.7 Å². The first kappa shape index (κ1) is 17.2. The monoisotopic (exact) mass is 358 g/mol. The first-order valence-corrected chi connectivity index (χ1v) is 9.33. The molecule has 0 atom stereocenters. The van der Waals surface area contributed by atoms with E-state index >= 15 is 0 Å². The van der Waals surface area contributed by atoms with Crippen molar-refractivity contribution in [2.75, 3.05) is 5.32 Å². The van der Waals surface area contributed by atoms with Crippen LogP contribution < -0.4 is 10.6 Å². The second-order valence-corrected chi connectivity index (χ2v) is 7.40. The van der Waals surface area contributed by atoms with Gasteiger partial charge in [0.25, 0.3) is 0 Å². The van der Waals surface area contributed by atoms with Crippen molar-refractivity contribution < 1.29 is 0 Å². The van der Waals surface area contributed by atoms with E-state index in [0.717, 1.165) is 28.7 Å². The number of thiocarbonyl (C=S) groups is 1. The van der Waals surface area contributed by atoms with Gasteiger partial charge in [0, 0.05) is 16.2 Å². The molecular weight excluding hydrogens is 336 g/mol. The molecule has 24 heavy (non-hydrogen) atoms. The van der Waals surface area contributed by atoms with Crippen LogP contribution in [0.15, 0.2) is 54.6 Å². The van der Waals surface area contributed by atoms with Crippen LogP contribution in [0.3, 0.4) is 0 Å².